The van der Waals surface area contributed by atoms with Gasteiger partial charge < -0.3 is 0 Å². The third-order valence-electron chi connectivity index (χ3n) is 5.92. The van der Waals surface area contributed by atoms with Crippen molar-refractivity contribution >= 4 is 7.85 Å². The van der Waals surface area contributed by atoms with Crippen LogP contribution in [-0.2, 0) is 6.42 Å². The number of rotatable bonds is 6. The van der Waals surface area contributed by atoms with Crippen molar-refractivity contribution < 1.29 is 0 Å². The van der Waals surface area contributed by atoms with Gasteiger partial charge in [0, 0.05) is 0 Å². The van der Waals surface area contributed by atoms with Gasteiger partial charge >= 0.3 is 0 Å². The molecule has 4 rings (SSSR count). The standard InChI is InChI=1S/C29H27B/c1-21-27(23-13-6-3-7-14-23)22(2)29(25-17-10-5-11-18-25)26(19-12-20-30)28(21)24-15-8-4-9-16-24/h3-11,13-18H,12,19-20H2,1-2H3. The fourth-order valence-electron chi connectivity index (χ4n) is 4.67. The Labute approximate surface area is 182 Å². The normalized spacial score (nSPS) is 10.9. The van der Waals surface area contributed by atoms with Gasteiger partial charge in [-0.25, -0.2) is 0 Å². The van der Waals surface area contributed by atoms with E-state index in [9.17, 15) is 0 Å². The summed E-state index contributed by atoms with van der Waals surface area (Å²) in [5, 5.41) is 0. The average Bonchev–Trinajstić information content (AvgIpc) is 2.79. The molecule has 0 amide bonds. The maximum Gasteiger partial charge on any atom is 0.0653 e. The van der Waals surface area contributed by atoms with E-state index >= 15 is 0 Å². The molecule has 0 aliphatic rings. The Balaban J connectivity index is 2.12. The lowest BCUT2D eigenvalue weighted by atomic mass is 9.78. The maximum absolute atomic E-state index is 5.95. The van der Waals surface area contributed by atoms with Gasteiger partial charge in [-0.2, -0.15) is 0 Å². The second-order valence-corrected chi connectivity index (χ2v) is 7.84. The maximum atomic E-state index is 5.95. The lowest BCUT2D eigenvalue weighted by Gasteiger charge is -2.25. The molecule has 0 aliphatic carbocycles. The molecule has 0 saturated heterocycles. The summed E-state index contributed by atoms with van der Waals surface area (Å²) >= 11 is 0. The van der Waals surface area contributed by atoms with Crippen LogP contribution in [0.1, 0.15) is 23.1 Å². The van der Waals surface area contributed by atoms with E-state index < -0.39 is 0 Å². The van der Waals surface area contributed by atoms with Crippen LogP contribution in [0.15, 0.2) is 91.0 Å². The molecule has 0 unspecified atom stereocenters. The molecule has 0 heterocycles. The zero-order valence-electron chi connectivity index (χ0n) is 17.9. The minimum absolute atomic E-state index is 0.695. The fraction of sp³-hybridized carbons (Fsp3) is 0.172. The first-order chi connectivity index (χ1) is 14.7. The average molecular weight is 386 g/mol. The monoisotopic (exact) mass is 386 g/mol. The quantitative estimate of drug-likeness (QED) is 0.296. The Hall–Kier alpha value is -3.06. The molecule has 0 aliphatic heterocycles. The van der Waals surface area contributed by atoms with Gasteiger partial charge in [-0.15, -0.1) is 0 Å². The summed E-state index contributed by atoms with van der Waals surface area (Å²) in [4.78, 5) is 0. The van der Waals surface area contributed by atoms with Gasteiger partial charge in [0.2, 0.25) is 0 Å². The van der Waals surface area contributed by atoms with Gasteiger partial charge in [0.1, 0.15) is 0 Å². The Bertz CT molecular complexity index is 1050. The van der Waals surface area contributed by atoms with Crippen molar-refractivity contribution in [3.8, 4) is 33.4 Å². The van der Waals surface area contributed by atoms with Crippen molar-refractivity contribution in [2.24, 2.45) is 0 Å². The molecule has 0 aromatic heterocycles. The minimum atomic E-state index is 0.695. The van der Waals surface area contributed by atoms with Crippen molar-refractivity contribution in [1.29, 1.82) is 0 Å². The van der Waals surface area contributed by atoms with Crippen LogP contribution in [0.4, 0.5) is 0 Å². The van der Waals surface area contributed by atoms with Gasteiger partial charge in [-0.3, -0.25) is 0 Å². The molecule has 0 fully saturated rings. The highest BCUT2D eigenvalue weighted by Gasteiger charge is 2.22. The summed E-state index contributed by atoms with van der Waals surface area (Å²) in [5.41, 5.74) is 12.0. The van der Waals surface area contributed by atoms with Gasteiger partial charge in [0.15, 0.2) is 0 Å². The molecule has 0 N–H and O–H groups in total. The lowest BCUT2D eigenvalue weighted by Crippen LogP contribution is -2.04. The van der Waals surface area contributed by atoms with Crippen LogP contribution in [0, 0.1) is 13.8 Å². The zero-order chi connectivity index (χ0) is 20.9. The van der Waals surface area contributed by atoms with Crippen LogP contribution in [0.5, 0.6) is 0 Å². The molecule has 4 aromatic rings. The van der Waals surface area contributed by atoms with Crippen LogP contribution in [0.25, 0.3) is 33.4 Å². The Morgan fingerprint density at radius 2 is 0.900 bits per heavy atom. The van der Waals surface area contributed by atoms with Gasteiger partial charge in [0.05, 0.1) is 7.85 Å². The third kappa shape index (κ3) is 3.85. The summed E-state index contributed by atoms with van der Waals surface area (Å²) in [7, 11) is 5.95. The van der Waals surface area contributed by atoms with Crippen LogP contribution in [0.2, 0.25) is 6.32 Å². The van der Waals surface area contributed by atoms with Crippen LogP contribution < -0.4 is 0 Å². The molecule has 30 heavy (non-hydrogen) atoms. The first-order valence-electron chi connectivity index (χ1n) is 10.7. The minimum Gasteiger partial charge on any atom is -0.0884 e. The Kier molecular flexibility index (Phi) is 6.19. The SMILES string of the molecule is [B]CCCc1c(-c2ccccc2)c(C)c(-c2ccccc2)c(C)c1-c1ccccc1. The molecule has 1 heteroatoms. The Morgan fingerprint density at radius 3 is 1.27 bits per heavy atom. The van der Waals surface area contributed by atoms with Crippen LogP contribution >= 0.6 is 0 Å². The molecular formula is C29H27B. The summed E-state index contributed by atoms with van der Waals surface area (Å²) in [5.74, 6) is 0. The third-order valence-corrected chi connectivity index (χ3v) is 5.92. The first kappa shape index (κ1) is 20.2. The van der Waals surface area contributed by atoms with Crippen molar-refractivity contribution in [1.82, 2.24) is 0 Å². The van der Waals surface area contributed by atoms with Crippen molar-refractivity contribution in [2.75, 3.05) is 0 Å². The molecule has 0 saturated carbocycles. The van der Waals surface area contributed by atoms with Gasteiger partial charge in [0.25, 0.3) is 0 Å². The summed E-state index contributed by atoms with van der Waals surface area (Å²) in [6.45, 7) is 4.55. The highest BCUT2D eigenvalue weighted by atomic mass is 14.3. The van der Waals surface area contributed by atoms with E-state index in [0.29, 0.717) is 6.32 Å². The van der Waals surface area contributed by atoms with E-state index in [2.05, 4.69) is 105 Å². The molecule has 2 radical (unpaired) electrons. The zero-order valence-corrected chi connectivity index (χ0v) is 17.9. The molecule has 146 valence electrons. The van der Waals surface area contributed by atoms with Crippen LogP contribution in [-0.4, -0.2) is 7.85 Å². The van der Waals surface area contributed by atoms with E-state index in [0.717, 1.165) is 12.8 Å². The molecule has 0 spiro atoms. The van der Waals surface area contributed by atoms with E-state index in [1.54, 1.807) is 0 Å². The Morgan fingerprint density at radius 1 is 0.533 bits per heavy atom. The van der Waals surface area contributed by atoms with Crippen molar-refractivity contribution in [2.45, 2.75) is 33.0 Å². The smallest absolute Gasteiger partial charge is 0.0653 e. The second kappa shape index (κ2) is 9.18. The molecule has 0 bridgehead atoms. The second-order valence-electron chi connectivity index (χ2n) is 7.84. The molecular weight excluding hydrogens is 359 g/mol. The molecule has 4 aromatic carbocycles. The summed E-state index contributed by atoms with van der Waals surface area (Å²) in [6.07, 6.45) is 2.64. The summed E-state index contributed by atoms with van der Waals surface area (Å²) in [6, 6.07) is 32.4. The summed E-state index contributed by atoms with van der Waals surface area (Å²) < 4.78 is 0. The van der Waals surface area contributed by atoms with E-state index in [4.69, 9.17) is 7.85 Å². The van der Waals surface area contributed by atoms with Crippen LogP contribution in [0.3, 0.4) is 0 Å². The number of hydrogen-bond acceptors (Lipinski definition) is 0. The largest absolute Gasteiger partial charge is 0.0884 e. The number of hydrogen-bond donors (Lipinski definition) is 0. The molecule has 0 atom stereocenters. The first-order valence-corrected chi connectivity index (χ1v) is 10.7. The predicted molar refractivity (Wildman–Crippen MR) is 131 cm³/mol. The van der Waals surface area contributed by atoms with E-state index in [1.165, 1.54) is 50.1 Å². The molecule has 0 nitrogen and oxygen atoms in total. The van der Waals surface area contributed by atoms with Gasteiger partial charge in [-0.1, -0.05) is 104 Å². The highest BCUT2D eigenvalue weighted by molar-refractivity contribution is 6.08. The topological polar surface area (TPSA) is 0 Å². The highest BCUT2D eigenvalue weighted by Crippen LogP contribution is 2.44. The lowest BCUT2D eigenvalue weighted by molar-refractivity contribution is 0.920. The predicted octanol–water partition coefficient (Wildman–Crippen LogP) is 7.82. The van der Waals surface area contributed by atoms with E-state index in [-0.39, 0.29) is 0 Å². The van der Waals surface area contributed by atoms with Gasteiger partial charge in [-0.05, 0) is 70.3 Å². The van der Waals surface area contributed by atoms with Crippen molar-refractivity contribution in [3.63, 3.8) is 0 Å². The fourth-order valence-corrected chi connectivity index (χ4v) is 4.67. The van der Waals surface area contributed by atoms with E-state index in [1.807, 2.05) is 0 Å². The number of benzene rings is 4. The van der Waals surface area contributed by atoms with Crippen molar-refractivity contribution in [3.05, 3.63) is 108 Å².